The summed E-state index contributed by atoms with van der Waals surface area (Å²) >= 11 is 0. The topological polar surface area (TPSA) is 86.5 Å². The highest BCUT2D eigenvalue weighted by Crippen LogP contribution is 2.48. The van der Waals surface area contributed by atoms with Gasteiger partial charge in [0.2, 0.25) is 0 Å². The first-order valence-corrected chi connectivity index (χ1v) is 7.73. The van der Waals surface area contributed by atoms with Gasteiger partial charge in [-0.1, -0.05) is 6.92 Å². The van der Waals surface area contributed by atoms with Crippen LogP contribution < -0.4 is 5.73 Å². The van der Waals surface area contributed by atoms with Crippen LogP contribution in [-0.2, 0) is 19.4 Å². The fraction of sp³-hybridized carbons (Fsp3) is 0.909. The predicted molar refractivity (Wildman–Crippen MR) is 65.2 cm³/mol. The van der Waals surface area contributed by atoms with E-state index in [1.807, 2.05) is 0 Å². The second kappa shape index (κ2) is 5.35. The van der Waals surface area contributed by atoms with Gasteiger partial charge in [-0.25, -0.2) is 8.42 Å². The van der Waals surface area contributed by atoms with Crippen LogP contribution in [-0.4, -0.2) is 39.5 Å². The summed E-state index contributed by atoms with van der Waals surface area (Å²) in [6.07, 6.45) is 2.13. The van der Waals surface area contributed by atoms with E-state index in [2.05, 4.69) is 0 Å². The highest BCUT2D eigenvalue weighted by molar-refractivity contribution is 7.91. The Morgan fingerprint density at radius 1 is 1.47 bits per heavy atom. The van der Waals surface area contributed by atoms with E-state index in [9.17, 15) is 13.2 Å². The van der Waals surface area contributed by atoms with Gasteiger partial charge < -0.3 is 10.5 Å². The third-order valence-corrected chi connectivity index (χ3v) is 5.32. The molecule has 0 radical (unpaired) electrons. The van der Waals surface area contributed by atoms with Crippen LogP contribution in [0, 0.1) is 11.3 Å². The molecule has 0 aromatic heterocycles. The summed E-state index contributed by atoms with van der Waals surface area (Å²) in [5.74, 6) is -0.0768. The van der Waals surface area contributed by atoms with Crippen molar-refractivity contribution in [3.63, 3.8) is 0 Å². The van der Waals surface area contributed by atoms with Gasteiger partial charge in [0.15, 0.2) is 0 Å². The second-order valence-corrected chi connectivity index (χ2v) is 7.09. The number of esters is 1. The lowest BCUT2D eigenvalue weighted by Crippen LogP contribution is -2.43. The summed E-state index contributed by atoms with van der Waals surface area (Å²) in [4.78, 5) is 11.9. The van der Waals surface area contributed by atoms with Gasteiger partial charge in [-0.2, -0.15) is 0 Å². The molecule has 1 fully saturated rings. The van der Waals surface area contributed by atoms with E-state index < -0.39 is 15.3 Å². The van der Waals surface area contributed by atoms with Gasteiger partial charge in [0.05, 0.1) is 18.3 Å². The Morgan fingerprint density at radius 3 is 2.41 bits per heavy atom. The number of sulfone groups is 1. The monoisotopic (exact) mass is 263 g/mol. The SMILES string of the molecule is CCS(=O)(=O)CCC(CN)(C(=O)OC)C1CC1. The van der Waals surface area contributed by atoms with Crippen molar-refractivity contribution >= 4 is 15.8 Å². The Hall–Kier alpha value is -0.620. The van der Waals surface area contributed by atoms with Gasteiger partial charge in [0.25, 0.3) is 0 Å². The Labute approximate surface area is 103 Å². The van der Waals surface area contributed by atoms with Crippen LogP contribution in [0.5, 0.6) is 0 Å². The van der Waals surface area contributed by atoms with Crippen molar-refractivity contribution in [2.75, 3.05) is 25.2 Å². The van der Waals surface area contributed by atoms with Gasteiger partial charge in [0.1, 0.15) is 9.84 Å². The number of methoxy groups -OCH3 is 1. The van der Waals surface area contributed by atoms with Crippen LogP contribution in [0.2, 0.25) is 0 Å². The lowest BCUT2D eigenvalue weighted by molar-refractivity contribution is -0.153. The molecule has 17 heavy (non-hydrogen) atoms. The third-order valence-electron chi connectivity index (χ3n) is 3.61. The average molecular weight is 263 g/mol. The molecule has 1 aliphatic rings. The summed E-state index contributed by atoms with van der Waals surface area (Å²) in [5.41, 5.74) is 4.91. The Balaban J connectivity index is 2.80. The molecule has 2 N–H and O–H groups in total. The number of rotatable bonds is 7. The summed E-state index contributed by atoms with van der Waals surface area (Å²) in [6, 6.07) is 0. The fourth-order valence-electron chi connectivity index (χ4n) is 2.15. The Morgan fingerprint density at radius 2 is 2.06 bits per heavy atom. The minimum Gasteiger partial charge on any atom is -0.469 e. The number of hydrogen-bond donors (Lipinski definition) is 1. The van der Waals surface area contributed by atoms with Crippen LogP contribution in [0.1, 0.15) is 26.2 Å². The molecule has 0 saturated heterocycles. The van der Waals surface area contributed by atoms with Crippen molar-refractivity contribution in [1.29, 1.82) is 0 Å². The molecule has 0 aromatic rings. The van der Waals surface area contributed by atoms with Gasteiger partial charge in [-0.3, -0.25) is 4.79 Å². The summed E-state index contributed by atoms with van der Waals surface area (Å²) in [5, 5.41) is 0. The van der Waals surface area contributed by atoms with Crippen LogP contribution in [0.4, 0.5) is 0 Å². The Kier molecular flexibility index (Phi) is 4.55. The molecular weight excluding hydrogens is 242 g/mol. The first-order valence-electron chi connectivity index (χ1n) is 5.90. The lowest BCUT2D eigenvalue weighted by Gasteiger charge is -2.29. The molecule has 0 amide bonds. The molecule has 6 heteroatoms. The highest BCUT2D eigenvalue weighted by Gasteiger charge is 2.50. The molecule has 1 unspecified atom stereocenters. The first kappa shape index (κ1) is 14.4. The largest absolute Gasteiger partial charge is 0.469 e. The number of carbonyl (C=O) groups excluding carboxylic acids is 1. The van der Waals surface area contributed by atoms with E-state index in [0.29, 0.717) is 0 Å². The van der Waals surface area contributed by atoms with Crippen molar-refractivity contribution in [3.05, 3.63) is 0 Å². The average Bonchev–Trinajstić information content (AvgIpc) is 3.14. The van der Waals surface area contributed by atoms with Crippen molar-refractivity contribution in [2.45, 2.75) is 26.2 Å². The van der Waals surface area contributed by atoms with Gasteiger partial charge in [-0.05, 0) is 25.2 Å². The molecule has 1 atom stereocenters. The molecule has 0 heterocycles. The maximum atomic E-state index is 11.9. The summed E-state index contributed by atoms with van der Waals surface area (Å²) in [6.45, 7) is 1.76. The fourth-order valence-corrected chi connectivity index (χ4v) is 3.11. The van der Waals surface area contributed by atoms with Gasteiger partial charge in [-0.15, -0.1) is 0 Å². The quantitative estimate of drug-likeness (QED) is 0.669. The minimum atomic E-state index is -3.07. The van der Waals surface area contributed by atoms with Gasteiger partial charge in [0, 0.05) is 12.3 Å². The zero-order chi connectivity index (χ0) is 13.1. The molecule has 0 bridgehead atoms. The maximum absolute atomic E-state index is 11.9. The van der Waals surface area contributed by atoms with Crippen LogP contribution in [0.15, 0.2) is 0 Å². The molecule has 5 nitrogen and oxygen atoms in total. The van der Waals surface area contributed by atoms with Crippen LogP contribution >= 0.6 is 0 Å². The van der Waals surface area contributed by atoms with Crippen molar-refractivity contribution in [3.8, 4) is 0 Å². The highest BCUT2D eigenvalue weighted by atomic mass is 32.2. The number of ether oxygens (including phenoxy) is 1. The number of hydrogen-bond acceptors (Lipinski definition) is 5. The van der Waals surface area contributed by atoms with E-state index in [1.54, 1.807) is 6.92 Å². The molecule has 0 aliphatic heterocycles. The van der Waals surface area contributed by atoms with Crippen molar-refractivity contribution < 1.29 is 17.9 Å². The molecule has 0 aromatic carbocycles. The van der Waals surface area contributed by atoms with E-state index >= 15 is 0 Å². The van der Waals surface area contributed by atoms with E-state index in [1.165, 1.54) is 7.11 Å². The standard InChI is InChI=1S/C11H21NO4S/c1-3-17(14,15)7-6-11(8-12,9-4-5-9)10(13)16-2/h9H,3-8,12H2,1-2H3. The zero-order valence-electron chi connectivity index (χ0n) is 10.4. The van der Waals surface area contributed by atoms with Crippen LogP contribution in [0.25, 0.3) is 0 Å². The molecular formula is C11H21NO4S. The summed E-state index contributed by atoms with van der Waals surface area (Å²) < 4.78 is 27.8. The smallest absolute Gasteiger partial charge is 0.313 e. The Bertz CT molecular complexity index is 375. The van der Waals surface area contributed by atoms with Crippen molar-refractivity contribution in [1.82, 2.24) is 0 Å². The molecule has 0 spiro atoms. The zero-order valence-corrected chi connectivity index (χ0v) is 11.3. The van der Waals surface area contributed by atoms with Crippen LogP contribution in [0.3, 0.4) is 0 Å². The van der Waals surface area contributed by atoms with Crippen molar-refractivity contribution in [2.24, 2.45) is 17.1 Å². The van der Waals surface area contributed by atoms with E-state index in [4.69, 9.17) is 10.5 Å². The third kappa shape index (κ3) is 3.19. The number of nitrogens with two attached hydrogens (primary N) is 1. The molecule has 100 valence electrons. The predicted octanol–water partition coefficient (Wildman–Crippen LogP) is 0.339. The lowest BCUT2D eigenvalue weighted by atomic mass is 9.80. The molecule has 1 rings (SSSR count). The maximum Gasteiger partial charge on any atom is 0.313 e. The molecule has 1 saturated carbocycles. The van der Waals surface area contributed by atoms with E-state index in [0.717, 1.165) is 12.8 Å². The molecule has 1 aliphatic carbocycles. The van der Waals surface area contributed by atoms with Gasteiger partial charge >= 0.3 is 5.97 Å². The first-order chi connectivity index (χ1) is 7.91. The second-order valence-electron chi connectivity index (χ2n) is 4.61. The summed E-state index contributed by atoms with van der Waals surface area (Å²) in [7, 11) is -1.75. The number of carbonyl (C=O) groups is 1. The normalized spacial score (nSPS) is 19.7. The minimum absolute atomic E-state index is 0.00625. The van der Waals surface area contributed by atoms with E-state index in [-0.39, 0.29) is 36.4 Å².